The van der Waals surface area contributed by atoms with Crippen molar-refractivity contribution in [2.45, 2.75) is 25.7 Å². The normalized spacial score (nSPS) is 16.7. The van der Waals surface area contributed by atoms with Crippen molar-refractivity contribution < 1.29 is 9.32 Å². The van der Waals surface area contributed by atoms with E-state index in [9.17, 15) is 4.79 Å². The average Bonchev–Trinajstić information content (AvgIpc) is 3.25. The lowest BCUT2D eigenvalue weighted by atomic mass is 9.96. The smallest absolute Gasteiger partial charge is 0.254 e. The molecule has 1 saturated heterocycles. The van der Waals surface area contributed by atoms with Gasteiger partial charge in [-0.3, -0.25) is 9.78 Å². The SMILES string of the molecule is Cc1noc(C2CCCN(C(=O)c3cc(-c4ccncc4)nc4ccccc34)C2)n1. The Labute approximate surface area is 173 Å². The van der Waals surface area contributed by atoms with Crippen molar-refractivity contribution in [2.24, 2.45) is 0 Å². The van der Waals surface area contributed by atoms with E-state index in [1.807, 2.05) is 54.3 Å². The molecule has 3 aromatic heterocycles. The van der Waals surface area contributed by atoms with Crippen molar-refractivity contribution in [3.05, 3.63) is 72.1 Å². The zero-order valence-corrected chi connectivity index (χ0v) is 16.7. The van der Waals surface area contributed by atoms with Gasteiger partial charge in [0.15, 0.2) is 5.82 Å². The van der Waals surface area contributed by atoms with E-state index in [0.717, 1.165) is 35.0 Å². The van der Waals surface area contributed by atoms with E-state index in [1.165, 1.54) is 0 Å². The quantitative estimate of drug-likeness (QED) is 0.517. The van der Waals surface area contributed by atoms with Gasteiger partial charge >= 0.3 is 0 Å². The van der Waals surface area contributed by atoms with Crippen molar-refractivity contribution in [3.8, 4) is 11.3 Å². The molecule has 150 valence electrons. The molecule has 0 aliphatic carbocycles. The highest BCUT2D eigenvalue weighted by molar-refractivity contribution is 6.07. The predicted molar refractivity (Wildman–Crippen MR) is 112 cm³/mol. The first-order valence-corrected chi connectivity index (χ1v) is 10.1. The summed E-state index contributed by atoms with van der Waals surface area (Å²) < 4.78 is 5.37. The van der Waals surface area contributed by atoms with Crippen molar-refractivity contribution >= 4 is 16.8 Å². The number of benzene rings is 1. The van der Waals surface area contributed by atoms with Crippen molar-refractivity contribution in [3.63, 3.8) is 0 Å². The zero-order valence-electron chi connectivity index (χ0n) is 16.7. The number of aryl methyl sites for hydroxylation is 1. The molecule has 30 heavy (non-hydrogen) atoms. The van der Waals surface area contributed by atoms with Gasteiger partial charge in [-0.2, -0.15) is 4.98 Å². The summed E-state index contributed by atoms with van der Waals surface area (Å²) >= 11 is 0. The first kappa shape index (κ1) is 18.4. The van der Waals surface area contributed by atoms with E-state index < -0.39 is 0 Å². The fourth-order valence-electron chi connectivity index (χ4n) is 4.04. The summed E-state index contributed by atoms with van der Waals surface area (Å²) in [5.41, 5.74) is 3.16. The minimum Gasteiger partial charge on any atom is -0.339 e. The zero-order chi connectivity index (χ0) is 20.5. The first-order valence-electron chi connectivity index (χ1n) is 10.1. The summed E-state index contributed by atoms with van der Waals surface area (Å²) in [7, 11) is 0. The Hall–Kier alpha value is -3.61. The number of para-hydroxylation sites is 1. The number of likely N-dealkylation sites (tertiary alicyclic amines) is 1. The maximum absolute atomic E-state index is 13.6. The Kier molecular flexibility index (Phi) is 4.71. The number of piperidine rings is 1. The van der Waals surface area contributed by atoms with Crippen LogP contribution in [0.4, 0.5) is 0 Å². The number of amides is 1. The minimum atomic E-state index is 0.00448. The summed E-state index contributed by atoms with van der Waals surface area (Å²) in [6.07, 6.45) is 5.30. The Bertz CT molecular complexity index is 1200. The highest BCUT2D eigenvalue weighted by Crippen LogP contribution is 2.30. The van der Waals surface area contributed by atoms with Crippen LogP contribution in [0.15, 0.2) is 59.4 Å². The molecular weight excluding hydrogens is 378 g/mol. The van der Waals surface area contributed by atoms with E-state index in [2.05, 4.69) is 15.1 Å². The Morgan fingerprint density at radius 1 is 1.13 bits per heavy atom. The van der Waals surface area contributed by atoms with E-state index in [0.29, 0.717) is 30.4 Å². The van der Waals surface area contributed by atoms with Crippen LogP contribution in [0, 0.1) is 6.92 Å². The van der Waals surface area contributed by atoms with Gasteiger partial charge in [0.05, 0.1) is 22.7 Å². The number of fused-ring (bicyclic) bond motifs is 1. The summed E-state index contributed by atoms with van der Waals surface area (Å²) in [6, 6.07) is 13.5. The number of carbonyl (C=O) groups excluding carboxylic acids is 1. The predicted octanol–water partition coefficient (Wildman–Crippen LogP) is 4.01. The molecule has 1 aliphatic heterocycles. The van der Waals surface area contributed by atoms with Crippen molar-refractivity contribution in [1.82, 2.24) is 25.0 Å². The number of carbonyl (C=O) groups is 1. The lowest BCUT2D eigenvalue weighted by molar-refractivity contribution is 0.0697. The van der Waals surface area contributed by atoms with Gasteiger partial charge in [-0.1, -0.05) is 23.4 Å². The molecule has 7 heteroatoms. The second-order valence-electron chi connectivity index (χ2n) is 7.58. The number of hydrogen-bond acceptors (Lipinski definition) is 6. The number of aromatic nitrogens is 4. The fraction of sp³-hybridized carbons (Fsp3) is 0.261. The molecule has 0 radical (unpaired) electrons. The van der Waals surface area contributed by atoms with Gasteiger partial charge in [-0.25, -0.2) is 4.98 Å². The first-order chi connectivity index (χ1) is 14.7. The second kappa shape index (κ2) is 7.67. The van der Waals surface area contributed by atoms with Gasteiger partial charge in [0.25, 0.3) is 5.91 Å². The largest absolute Gasteiger partial charge is 0.339 e. The lowest BCUT2D eigenvalue weighted by Gasteiger charge is -2.31. The average molecular weight is 399 g/mol. The van der Waals surface area contributed by atoms with Crippen LogP contribution >= 0.6 is 0 Å². The summed E-state index contributed by atoms with van der Waals surface area (Å²) in [5, 5.41) is 4.76. The molecule has 0 bridgehead atoms. The third-order valence-corrected chi connectivity index (χ3v) is 5.52. The molecule has 5 rings (SSSR count). The highest BCUT2D eigenvalue weighted by Gasteiger charge is 2.29. The van der Waals surface area contributed by atoms with Gasteiger partial charge < -0.3 is 9.42 Å². The maximum Gasteiger partial charge on any atom is 0.254 e. The van der Waals surface area contributed by atoms with Crippen LogP contribution < -0.4 is 0 Å². The third kappa shape index (κ3) is 3.43. The molecule has 1 aliphatic rings. The van der Waals surface area contributed by atoms with Crippen LogP contribution in [0.25, 0.3) is 22.2 Å². The van der Waals surface area contributed by atoms with Crippen LogP contribution in [0.5, 0.6) is 0 Å². The molecule has 0 spiro atoms. The Balaban J connectivity index is 1.52. The summed E-state index contributed by atoms with van der Waals surface area (Å²) in [4.78, 5) is 28.7. The molecule has 1 aromatic carbocycles. The fourth-order valence-corrected chi connectivity index (χ4v) is 4.04. The number of rotatable bonds is 3. The molecular formula is C23H21N5O2. The second-order valence-corrected chi connectivity index (χ2v) is 7.58. The van der Waals surface area contributed by atoms with Crippen LogP contribution in [0.1, 0.15) is 40.8 Å². The molecule has 1 atom stereocenters. The van der Waals surface area contributed by atoms with E-state index >= 15 is 0 Å². The molecule has 1 amide bonds. The number of pyridine rings is 2. The lowest BCUT2D eigenvalue weighted by Crippen LogP contribution is -2.39. The van der Waals surface area contributed by atoms with Gasteiger partial charge in [0.1, 0.15) is 0 Å². The van der Waals surface area contributed by atoms with Crippen molar-refractivity contribution in [2.75, 3.05) is 13.1 Å². The van der Waals surface area contributed by atoms with Gasteiger partial charge in [-0.05, 0) is 44.0 Å². The van der Waals surface area contributed by atoms with Crippen LogP contribution in [-0.4, -0.2) is 44.0 Å². The molecule has 4 heterocycles. The third-order valence-electron chi connectivity index (χ3n) is 5.52. The number of nitrogens with zero attached hydrogens (tertiary/aromatic N) is 5. The molecule has 7 nitrogen and oxygen atoms in total. The highest BCUT2D eigenvalue weighted by atomic mass is 16.5. The van der Waals surface area contributed by atoms with Crippen LogP contribution in [-0.2, 0) is 0 Å². The van der Waals surface area contributed by atoms with Crippen LogP contribution in [0.3, 0.4) is 0 Å². The van der Waals surface area contributed by atoms with E-state index in [4.69, 9.17) is 9.51 Å². The number of hydrogen-bond donors (Lipinski definition) is 0. The molecule has 4 aromatic rings. The summed E-state index contributed by atoms with van der Waals surface area (Å²) in [6.45, 7) is 3.09. The van der Waals surface area contributed by atoms with E-state index in [1.54, 1.807) is 12.4 Å². The Morgan fingerprint density at radius 3 is 2.77 bits per heavy atom. The van der Waals surface area contributed by atoms with Gasteiger partial charge in [0, 0.05) is 36.4 Å². The minimum absolute atomic E-state index is 0.00448. The summed E-state index contributed by atoms with van der Waals surface area (Å²) in [5.74, 6) is 1.30. The molecule has 0 N–H and O–H groups in total. The van der Waals surface area contributed by atoms with E-state index in [-0.39, 0.29) is 11.8 Å². The molecule has 1 unspecified atom stereocenters. The van der Waals surface area contributed by atoms with Gasteiger partial charge in [-0.15, -0.1) is 0 Å². The Morgan fingerprint density at radius 2 is 1.97 bits per heavy atom. The molecule has 0 saturated carbocycles. The van der Waals surface area contributed by atoms with Crippen LogP contribution in [0.2, 0.25) is 0 Å². The monoisotopic (exact) mass is 399 g/mol. The molecule has 1 fully saturated rings. The topological polar surface area (TPSA) is 85.0 Å². The standard InChI is InChI=1S/C23H21N5O2/c1-15-25-22(30-27-15)17-5-4-12-28(14-17)23(29)19-13-21(16-8-10-24-11-9-16)26-20-7-3-2-6-18(19)20/h2-3,6-11,13,17H,4-5,12,14H2,1H3. The maximum atomic E-state index is 13.6. The van der Waals surface area contributed by atoms with Crippen molar-refractivity contribution in [1.29, 1.82) is 0 Å². The van der Waals surface area contributed by atoms with Gasteiger partial charge in [0.2, 0.25) is 5.89 Å².